The third kappa shape index (κ3) is 1.09. The van der Waals surface area contributed by atoms with Crippen LogP contribution in [-0.2, 0) is 0 Å². The Balaban J connectivity index is 3.34. The van der Waals surface area contributed by atoms with Crippen molar-refractivity contribution in [3.05, 3.63) is 22.8 Å². The molecule has 1 heterocycles. The molecule has 1 aromatic heterocycles. The van der Waals surface area contributed by atoms with E-state index in [1.54, 1.807) is 0 Å². The van der Waals surface area contributed by atoms with Crippen molar-refractivity contribution in [3.63, 3.8) is 0 Å². The van der Waals surface area contributed by atoms with Gasteiger partial charge in [0.2, 0.25) is 0 Å². The van der Waals surface area contributed by atoms with Gasteiger partial charge in [-0.15, -0.1) is 0 Å². The third-order valence-electron chi connectivity index (χ3n) is 1.53. The molecule has 0 aliphatic carbocycles. The van der Waals surface area contributed by atoms with Gasteiger partial charge in [-0.2, -0.15) is 0 Å². The Morgan fingerprint density at radius 2 is 2.25 bits per heavy atom. The maximum atomic E-state index is 12.9. The molecule has 12 heavy (non-hydrogen) atoms. The quantitative estimate of drug-likeness (QED) is 0.651. The van der Waals surface area contributed by atoms with E-state index in [0.29, 0.717) is 0 Å². The number of hydrogen-bond acceptors (Lipinski definition) is 2. The van der Waals surface area contributed by atoms with E-state index >= 15 is 0 Å². The molecule has 0 saturated heterocycles. The van der Waals surface area contributed by atoms with E-state index in [0.717, 1.165) is 0 Å². The number of aromatic nitrogens is 1. The van der Waals surface area contributed by atoms with Gasteiger partial charge in [0, 0.05) is 5.56 Å². The summed E-state index contributed by atoms with van der Waals surface area (Å²) in [5, 5.41) is 8.49. The number of aromatic amines is 1. The summed E-state index contributed by atoms with van der Waals surface area (Å²) < 4.78 is 12.9. The minimum atomic E-state index is -1.28. The van der Waals surface area contributed by atoms with Gasteiger partial charge >= 0.3 is 5.97 Å². The van der Waals surface area contributed by atoms with Gasteiger partial charge in [-0.25, -0.2) is 9.18 Å². The number of carbonyl (C=O) groups excluding carboxylic acids is 1. The highest BCUT2D eigenvalue weighted by atomic mass is 19.1. The summed E-state index contributed by atoms with van der Waals surface area (Å²) in [6.45, 7) is 1.29. The SMILES string of the molecule is Cc1c(C(=O)O)[nH]c(C=O)c1F. The predicted molar refractivity (Wildman–Crippen MR) is 37.8 cm³/mol. The number of carboxylic acid groups (broad SMARTS) is 1. The summed E-state index contributed by atoms with van der Waals surface area (Å²) in [6, 6.07) is 0. The molecule has 0 radical (unpaired) electrons. The molecule has 0 amide bonds. The molecule has 0 spiro atoms. The Hall–Kier alpha value is -1.65. The van der Waals surface area contributed by atoms with Crippen molar-refractivity contribution in [1.29, 1.82) is 0 Å². The molecule has 1 rings (SSSR count). The van der Waals surface area contributed by atoms with Gasteiger partial charge in [-0.1, -0.05) is 0 Å². The van der Waals surface area contributed by atoms with Crippen LogP contribution in [0.4, 0.5) is 4.39 Å². The maximum absolute atomic E-state index is 12.9. The third-order valence-corrected chi connectivity index (χ3v) is 1.53. The Morgan fingerprint density at radius 1 is 1.67 bits per heavy atom. The fourth-order valence-corrected chi connectivity index (χ4v) is 0.890. The topological polar surface area (TPSA) is 70.2 Å². The summed E-state index contributed by atoms with van der Waals surface area (Å²) in [4.78, 5) is 22.7. The molecule has 0 atom stereocenters. The highest BCUT2D eigenvalue weighted by Crippen LogP contribution is 2.14. The van der Waals surface area contributed by atoms with E-state index in [4.69, 9.17) is 5.11 Å². The van der Waals surface area contributed by atoms with E-state index in [2.05, 4.69) is 4.98 Å². The molecule has 0 aliphatic rings. The second-order valence-electron chi connectivity index (χ2n) is 2.28. The van der Waals surface area contributed by atoms with Crippen LogP contribution in [0.3, 0.4) is 0 Å². The molecule has 4 nitrogen and oxygen atoms in total. The average Bonchev–Trinajstić information content (AvgIpc) is 2.30. The standard InChI is InChI=1S/C7H6FNO3/c1-3-5(8)4(2-10)9-6(3)7(11)12/h2,9H,1H3,(H,11,12). The molecule has 64 valence electrons. The Bertz CT molecular complexity index is 343. The molecule has 0 aromatic carbocycles. The smallest absolute Gasteiger partial charge is 0.352 e. The van der Waals surface area contributed by atoms with Crippen LogP contribution in [0.2, 0.25) is 0 Å². The summed E-state index contributed by atoms with van der Waals surface area (Å²) in [5.41, 5.74) is -0.663. The minimum absolute atomic E-state index is 0.0513. The molecule has 0 bridgehead atoms. The molecular formula is C7H6FNO3. The zero-order valence-corrected chi connectivity index (χ0v) is 6.22. The molecule has 5 heteroatoms. The summed E-state index contributed by atoms with van der Waals surface area (Å²) in [7, 11) is 0. The lowest BCUT2D eigenvalue weighted by Gasteiger charge is -1.88. The first-order chi connectivity index (χ1) is 5.57. The number of nitrogens with one attached hydrogen (secondary N) is 1. The van der Waals surface area contributed by atoms with Crippen LogP contribution in [-0.4, -0.2) is 22.3 Å². The fraction of sp³-hybridized carbons (Fsp3) is 0.143. The summed E-state index contributed by atoms with van der Waals surface area (Å²) in [6.07, 6.45) is 0.245. The second kappa shape index (κ2) is 2.77. The fourth-order valence-electron chi connectivity index (χ4n) is 0.890. The average molecular weight is 171 g/mol. The highest BCUT2D eigenvalue weighted by molar-refractivity contribution is 5.89. The van der Waals surface area contributed by atoms with Crippen molar-refractivity contribution in [1.82, 2.24) is 4.98 Å². The molecule has 0 fully saturated rings. The van der Waals surface area contributed by atoms with Gasteiger partial charge in [0.1, 0.15) is 11.4 Å². The van der Waals surface area contributed by atoms with E-state index in [1.807, 2.05) is 0 Å². The lowest BCUT2D eigenvalue weighted by Crippen LogP contribution is -1.98. The maximum Gasteiger partial charge on any atom is 0.352 e. The van der Waals surface area contributed by atoms with Crippen LogP contribution in [0.1, 0.15) is 26.5 Å². The van der Waals surface area contributed by atoms with Gasteiger partial charge in [-0.05, 0) is 6.92 Å². The Morgan fingerprint density at radius 3 is 2.50 bits per heavy atom. The lowest BCUT2D eigenvalue weighted by atomic mass is 10.2. The van der Waals surface area contributed by atoms with E-state index in [9.17, 15) is 14.0 Å². The van der Waals surface area contributed by atoms with Gasteiger partial charge in [0.05, 0.1) is 0 Å². The molecule has 0 saturated carbocycles. The van der Waals surface area contributed by atoms with E-state index < -0.39 is 11.8 Å². The largest absolute Gasteiger partial charge is 0.477 e. The number of carbonyl (C=O) groups is 2. The highest BCUT2D eigenvalue weighted by Gasteiger charge is 2.17. The van der Waals surface area contributed by atoms with Crippen molar-refractivity contribution in [2.45, 2.75) is 6.92 Å². The van der Waals surface area contributed by atoms with Gasteiger partial charge < -0.3 is 10.1 Å². The van der Waals surface area contributed by atoms with Crippen molar-refractivity contribution < 1.29 is 19.1 Å². The van der Waals surface area contributed by atoms with Crippen molar-refractivity contribution >= 4 is 12.3 Å². The molecular weight excluding hydrogens is 165 g/mol. The van der Waals surface area contributed by atoms with Gasteiger partial charge in [0.25, 0.3) is 0 Å². The minimum Gasteiger partial charge on any atom is -0.477 e. The zero-order valence-electron chi connectivity index (χ0n) is 6.22. The Kier molecular flexibility index (Phi) is 1.95. The van der Waals surface area contributed by atoms with Crippen LogP contribution in [0, 0.1) is 12.7 Å². The summed E-state index contributed by atoms with van der Waals surface area (Å²) in [5.74, 6) is -2.08. The number of aromatic carboxylic acids is 1. The first kappa shape index (κ1) is 8.45. The molecule has 0 aliphatic heterocycles. The second-order valence-corrected chi connectivity index (χ2v) is 2.28. The van der Waals surface area contributed by atoms with Gasteiger partial charge in [-0.3, -0.25) is 4.79 Å². The number of rotatable bonds is 2. The first-order valence-electron chi connectivity index (χ1n) is 3.14. The summed E-state index contributed by atoms with van der Waals surface area (Å²) >= 11 is 0. The number of aldehydes is 1. The van der Waals surface area contributed by atoms with Crippen LogP contribution >= 0.6 is 0 Å². The van der Waals surface area contributed by atoms with Crippen LogP contribution in [0.15, 0.2) is 0 Å². The molecule has 0 unspecified atom stereocenters. The van der Waals surface area contributed by atoms with E-state index in [-0.39, 0.29) is 23.2 Å². The molecule has 1 aromatic rings. The van der Waals surface area contributed by atoms with E-state index in [1.165, 1.54) is 6.92 Å². The molecule has 2 N–H and O–H groups in total. The predicted octanol–water partition coefficient (Wildman–Crippen LogP) is 0.973. The van der Waals surface area contributed by atoms with Gasteiger partial charge in [0.15, 0.2) is 12.1 Å². The number of H-pyrrole nitrogens is 1. The van der Waals surface area contributed by atoms with Crippen molar-refractivity contribution in [3.8, 4) is 0 Å². The first-order valence-corrected chi connectivity index (χ1v) is 3.14. The number of hydrogen-bond donors (Lipinski definition) is 2. The van der Waals surface area contributed by atoms with Crippen LogP contribution in [0.25, 0.3) is 0 Å². The van der Waals surface area contributed by atoms with Crippen LogP contribution in [0.5, 0.6) is 0 Å². The number of carboxylic acids is 1. The Labute approximate surface area is 67.0 Å². The van der Waals surface area contributed by atoms with Crippen molar-refractivity contribution in [2.24, 2.45) is 0 Å². The van der Waals surface area contributed by atoms with Crippen LogP contribution < -0.4 is 0 Å². The zero-order chi connectivity index (χ0) is 9.30. The van der Waals surface area contributed by atoms with Crippen molar-refractivity contribution in [2.75, 3.05) is 0 Å². The lowest BCUT2D eigenvalue weighted by molar-refractivity contribution is 0.0690. The normalized spacial score (nSPS) is 9.83. The number of halogens is 1. The monoisotopic (exact) mass is 171 g/mol.